The van der Waals surface area contributed by atoms with E-state index in [-0.39, 0.29) is 0 Å². The first-order valence-corrected chi connectivity index (χ1v) is 19.3. The summed E-state index contributed by atoms with van der Waals surface area (Å²) in [6, 6.07) is 56.7. The van der Waals surface area contributed by atoms with Gasteiger partial charge in [-0.15, -0.1) is 22.7 Å². The summed E-state index contributed by atoms with van der Waals surface area (Å²) >= 11 is 3.64. The first-order chi connectivity index (χ1) is 26.2. The van der Waals surface area contributed by atoms with E-state index in [1.54, 1.807) is 0 Å². The molecule has 12 rings (SSSR count). The second kappa shape index (κ2) is 11.0. The van der Waals surface area contributed by atoms with Crippen LogP contribution in [0.5, 0.6) is 0 Å². The smallest absolute Gasteiger partial charge is 0.238 e. The molecular formula is C47H26N4S2. The molecule has 0 saturated carbocycles. The molecule has 11 aromatic rings. The van der Waals surface area contributed by atoms with Gasteiger partial charge in [-0.05, 0) is 70.9 Å². The fraction of sp³-hybridized carbons (Fsp3) is 0. The summed E-state index contributed by atoms with van der Waals surface area (Å²) in [7, 11) is 0. The maximum atomic E-state index is 5.40. The standard InChI is InChI=1S/C47H26N4S2/c1-2-12-31-27(9-1)19-22-35-34-15-7-10-28-11-8-16-38(43(28)34)51(44(31)35)47-49-45(29-20-23-41-36(25-29)32-13-3-5-17-39(32)52-41)48-46(50-47)30-21-24-42-37(26-30)33-14-4-6-18-40(33)53-42/h1-26H. The minimum absolute atomic E-state index is 0.593. The second-order valence-corrected chi connectivity index (χ2v) is 15.8. The fourth-order valence-corrected chi connectivity index (χ4v) is 10.4. The summed E-state index contributed by atoms with van der Waals surface area (Å²) in [6.45, 7) is 0. The topological polar surface area (TPSA) is 41.9 Å². The lowest BCUT2D eigenvalue weighted by Crippen LogP contribution is -2.19. The van der Waals surface area contributed by atoms with Crippen molar-refractivity contribution in [3.05, 3.63) is 158 Å². The van der Waals surface area contributed by atoms with Crippen LogP contribution in [-0.4, -0.2) is 15.0 Å². The van der Waals surface area contributed by atoms with E-state index >= 15 is 0 Å². The first-order valence-electron chi connectivity index (χ1n) is 17.7. The molecule has 0 saturated heterocycles. The van der Waals surface area contributed by atoms with E-state index in [4.69, 9.17) is 15.0 Å². The van der Waals surface area contributed by atoms with Crippen LogP contribution in [0.15, 0.2) is 158 Å². The van der Waals surface area contributed by atoms with Crippen LogP contribution in [0.1, 0.15) is 0 Å². The third kappa shape index (κ3) is 4.31. The molecule has 6 heteroatoms. The Morgan fingerprint density at radius 2 is 0.962 bits per heavy atom. The van der Waals surface area contributed by atoms with Crippen LogP contribution in [0.25, 0.3) is 95.8 Å². The molecule has 1 aliphatic rings. The van der Waals surface area contributed by atoms with Gasteiger partial charge in [-0.1, -0.05) is 103 Å². The monoisotopic (exact) mass is 710 g/mol. The molecule has 0 radical (unpaired) electrons. The molecule has 0 unspecified atom stereocenters. The van der Waals surface area contributed by atoms with E-state index < -0.39 is 0 Å². The summed E-state index contributed by atoms with van der Waals surface area (Å²) in [5.41, 5.74) is 6.44. The van der Waals surface area contributed by atoms with Gasteiger partial charge >= 0.3 is 0 Å². The molecule has 0 aliphatic carbocycles. The van der Waals surface area contributed by atoms with Crippen LogP contribution in [0.3, 0.4) is 0 Å². The molecule has 4 heterocycles. The number of hydrogen-bond acceptors (Lipinski definition) is 6. The normalized spacial score (nSPS) is 12.5. The summed E-state index contributed by atoms with van der Waals surface area (Å²) in [4.78, 5) is 18.4. The van der Waals surface area contributed by atoms with Gasteiger partial charge in [0, 0.05) is 67.8 Å². The van der Waals surface area contributed by atoms with Gasteiger partial charge in [-0.3, -0.25) is 4.90 Å². The third-order valence-corrected chi connectivity index (χ3v) is 12.9. The lowest BCUT2D eigenvalue weighted by atomic mass is 9.89. The Morgan fingerprint density at radius 3 is 1.64 bits per heavy atom. The number of thiophene rings is 2. The quantitative estimate of drug-likeness (QED) is 0.183. The van der Waals surface area contributed by atoms with Crippen molar-refractivity contribution in [2.45, 2.75) is 0 Å². The summed E-state index contributed by atoms with van der Waals surface area (Å²) < 4.78 is 5.05. The number of fused-ring (bicyclic) bond motifs is 10. The number of anilines is 3. The highest BCUT2D eigenvalue weighted by molar-refractivity contribution is 7.26. The maximum Gasteiger partial charge on any atom is 0.238 e. The van der Waals surface area contributed by atoms with Crippen molar-refractivity contribution >= 4 is 102 Å². The highest BCUT2D eigenvalue weighted by Gasteiger charge is 2.30. The Bertz CT molecular complexity index is 3180. The second-order valence-electron chi connectivity index (χ2n) is 13.6. The van der Waals surface area contributed by atoms with Crippen molar-refractivity contribution in [1.82, 2.24) is 15.0 Å². The predicted molar refractivity (Wildman–Crippen MR) is 225 cm³/mol. The number of nitrogens with zero attached hydrogens (tertiary/aromatic N) is 4. The van der Waals surface area contributed by atoms with Crippen LogP contribution >= 0.6 is 22.7 Å². The average molecular weight is 711 g/mol. The van der Waals surface area contributed by atoms with Crippen molar-refractivity contribution in [2.24, 2.45) is 0 Å². The summed E-state index contributed by atoms with van der Waals surface area (Å²) in [6.07, 6.45) is 0. The van der Waals surface area contributed by atoms with E-state index in [0.717, 1.165) is 33.5 Å². The Labute approximate surface area is 311 Å². The summed E-state index contributed by atoms with van der Waals surface area (Å²) in [5, 5.41) is 9.62. The molecular weight excluding hydrogens is 685 g/mol. The largest absolute Gasteiger partial charge is 0.277 e. The van der Waals surface area contributed by atoms with Crippen molar-refractivity contribution in [3.63, 3.8) is 0 Å². The summed E-state index contributed by atoms with van der Waals surface area (Å²) in [5.74, 6) is 1.88. The molecule has 3 aromatic heterocycles. The molecule has 8 aromatic carbocycles. The first kappa shape index (κ1) is 29.1. The lowest BCUT2D eigenvalue weighted by molar-refractivity contribution is 1.03. The number of benzene rings is 8. The van der Waals surface area contributed by atoms with Gasteiger partial charge in [0.2, 0.25) is 5.95 Å². The molecule has 0 N–H and O–H groups in total. The molecule has 246 valence electrons. The number of aromatic nitrogens is 3. The maximum absolute atomic E-state index is 5.40. The molecule has 0 amide bonds. The highest BCUT2D eigenvalue weighted by Crippen LogP contribution is 2.53. The van der Waals surface area contributed by atoms with Crippen LogP contribution in [0, 0.1) is 0 Å². The molecule has 0 spiro atoms. The van der Waals surface area contributed by atoms with E-state index in [2.05, 4.69) is 163 Å². The minimum atomic E-state index is 0.593. The van der Waals surface area contributed by atoms with E-state index in [1.807, 2.05) is 22.7 Å². The zero-order valence-electron chi connectivity index (χ0n) is 28.1. The van der Waals surface area contributed by atoms with Gasteiger partial charge in [0.1, 0.15) is 0 Å². The third-order valence-electron chi connectivity index (χ3n) is 10.6. The zero-order chi connectivity index (χ0) is 34.6. The van der Waals surface area contributed by atoms with Gasteiger partial charge in [-0.25, -0.2) is 4.98 Å². The van der Waals surface area contributed by atoms with Crippen molar-refractivity contribution < 1.29 is 0 Å². The molecule has 1 aliphatic heterocycles. The SMILES string of the molecule is c1ccc2c3c(ccc2c1)-c1cccc2cccc(c12)N3c1nc(-c2ccc3sc4ccccc4c3c2)nc(-c2ccc3sc4ccccc4c3c2)n1. The van der Waals surface area contributed by atoms with E-state index in [9.17, 15) is 0 Å². The van der Waals surface area contributed by atoms with Crippen molar-refractivity contribution in [3.8, 4) is 33.9 Å². The molecule has 0 fully saturated rings. The van der Waals surface area contributed by atoms with Gasteiger partial charge in [0.05, 0.1) is 11.4 Å². The van der Waals surface area contributed by atoms with Crippen LogP contribution in [0.2, 0.25) is 0 Å². The Balaban J connectivity index is 1.17. The van der Waals surface area contributed by atoms with Gasteiger partial charge < -0.3 is 0 Å². The molecule has 53 heavy (non-hydrogen) atoms. The van der Waals surface area contributed by atoms with Gasteiger partial charge in [0.25, 0.3) is 0 Å². The highest BCUT2D eigenvalue weighted by atomic mass is 32.1. The van der Waals surface area contributed by atoms with E-state index in [0.29, 0.717) is 17.6 Å². The molecule has 0 atom stereocenters. The molecule has 4 nitrogen and oxygen atoms in total. The van der Waals surface area contributed by atoms with Gasteiger partial charge in [0.15, 0.2) is 11.6 Å². The number of hydrogen-bond donors (Lipinski definition) is 0. The Morgan fingerprint density at radius 1 is 0.396 bits per heavy atom. The minimum Gasteiger partial charge on any atom is -0.277 e. The zero-order valence-corrected chi connectivity index (χ0v) is 29.7. The predicted octanol–water partition coefficient (Wildman–Crippen LogP) is 13.7. The van der Waals surface area contributed by atoms with Crippen molar-refractivity contribution in [1.29, 1.82) is 0 Å². The Kier molecular flexibility index (Phi) is 6.06. The number of rotatable bonds is 3. The van der Waals surface area contributed by atoms with E-state index in [1.165, 1.54) is 62.1 Å². The van der Waals surface area contributed by atoms with Crippen LogP contribution < -0.4 is 4.90 Å². The lowest BCUT2D eigenvalue weighted by Gasteiger charge is -2.33. The Hall–Kier alpha value is -6.47. The van der Waals surface area contributed by atoms with Crippen LogP contribution in [-0.2, 0) is 0 Å². The fourth-order valence-electron chi connectivity index (χ4n) is 8.23. The van der Waals surface area contributed by atoms with Gasteiger partial charge in [-0.2, -0.15) is 9.97 Å². The van der Waals surface area contributed by atoms with Crippen molar-refractivity contribution in [2.75, 3.05) is 4.90 Å². The van der Waals surface area contributed by atoms with Crippen LogP contribution in [0.4, 0.5) is 17.3 Å². The average Bonchev–Trinajstić information content (AvgIpc) is 3.78. The molecule has 0 bridgehead atoms.